The van der Waals surface area contributed by atoms with E-state index in [-0.39, 0.29) is 18.2 Å². The molecular weight excluding hydrogens is 420 g/mol. The lowest BCUT2D eigenvalue weighted by Gasteiger charge is -2.09. The Balaban J connectivity index is 1.43. The number of carbonyl (C=O) groups is 2. The van der Waals surface area contributed by atoms with Gasteiger partial charge in [0.15, 0.2) is 5.69 Å². The number of pyridine rings is 1. The van der Waals surface area contributed by atoms with E-state index in [9.17, 15) is 9.59 Å². The van der Waals surface area contributed by atoms with E-state index >= 15 is 0 Å². The average Bonchev–Trinajstić information content (AvgIpc) is 3.35. The second-order valence-electron chi connectivity index (χ2n) is 7.03. The zero-order valence-electron chi connectivity index (χ0n) is 18.0. The van der Waals surface area contributed by atoms with Crippen LogP contribution >= 0.6 is 0 Å². The molecule has 8 nitrogen and oxygen atoms in total. The van der Waals surface area contributed by atoms with Crippen LogP contribution in [0.4, 0.5) is 5.69 Å². The first-order valence-electron chi connectivity index (χ1n) is 10.4. The number of amides is 1. The second kappa shape index (κ2) is 10.2. The van der Waals surface area contributed by atoms with Crippen molar-refractivity contribution in [1.29, 1.82) is 0 Å². The molecule has 1 amide bonds. The van der Waals surface area contributed by atoms with E-state index in [1.165, 1.54) is 6.20 Å². The van der Waals surface area contributed by atoms with Crippen molar-refractivity contribution in [2.75, 3.05) is 11.9 Å². The molecule has 8 heteroatoms. The third-order valence-corrected chi connectivity index (χ3v) is 4.67. The van der Waals surface area contributed by atoms with Crippen LogP contribution in [0, 0.1) is 0 Å². The van der Waals surface area contributed by atoms with Gasteiger partial charge in [0.25, 0.3) is 5.91 Å². The topological polar surface area (TPSA) is 95.3 Å². The molecule has 4 rings (SSSR count). The number of hydrogen-bond acceptors (Lipinski definition) is 6. The van der Waals surface area contributed by atoms with E-state index in [1.54, 1.807) is 54.2 Å². The van der Waals surface area contributed by atoms with Gasteiger partial charge in [0, 0.05) is 29.7 Å². The van der Waals surface area contributed by atoms with Crippen molar-refractivity contribution in [2.24, 2.45) is 0 Å². The van der Waals surface area contributed by atoms with Crippen molar-refractivity contribution in [3.8, 4) is 11.6 Å². The lowest BCUT2D eigenvalue weighted by molar-refractivity contribution is 0.0519. The maximum atomic E-state index is 12.8. The number of nitrogens with zero attached hydrogens (tertiary/aromatic N) is 3. The number of ether oxygens (including phenoxy) is 2. The highest BCUT2D eigenvalue weighted by Crippen LogP contribution is 2.17. The molecular formula is C25H22N4O4. The summed E-state index contributed by atoms with van der Waals surface area (Å²) < 4.78 is 12.2. The lowest BCUT2D eigenvalue weighted by Crippen LogP contribution is -2.13. The molecule has 0 bridgehead atoms. The highest BCUT2D eigenvalue weighted by atomic mass is 16.5. The van der Waals surface area contributed by atoms with Gasteiger partial charge in [0.1, 0.15) is 6.61 Å². The molecule has 0 unspecified atom stereocenters. The highest BCUT2D eigenvalue weighted by Gasteiger charge is 2.12. The number of anilines is 1. The summed E-state index contributed by atoms with van der Waals surface area (Å²) in [5, 5.41) is 7.10. The first-order valence-corrected chi connectivity index (χ1v) is 10.4. The van der Waals surface area contributed by atoms with Gasteiger partial charge in [-0.2, -0.15) is 5.10 Å². The molecule has 0 aliphatic heterocycles. The fourth-order valence-electron chi connectivity index (χ4n) is 3.07. The van der Waals surface area contributed by atoms with Crippen molar-refractivity contribution in [2.45, 2.75) is 13.5 Å². The average molecular weight is 442 g/mol. The summed E-state index contributed by atoms with van der Waals surface area (Å²) in [5.74, 6) is -0.418. The number of rotatable bonds is 8. The molecule has 0 radical (unpaired) electrons. The van der Waals surface area contributed by atoms with Crippen molar-refractivity contribution in [1.82, 2.24) is 14.8 Å². The molecule has 0 aliphatic carbocycles. The van der Waals surface area contributed by atoms with Gasteiger partial charge in [-0.1, -0.05) is 36.4 Å². The summed E-state index contributed by atoms with van der Waals surface area (Å²) in [5.41, 5.74) is 2.91. The Hall–Kier alpha value is -4.46. The molecule has 2 aromatic heterocycles. The van der Waals surface area contributed by atoms with Crippen molar-refractivity contribution in [3.05, 3.63) is 102 Å². The van der Waals surface area contributed by atoms with Gasteiger partial charge in [-0.05, 0) is 42.8 Å². The van der Waals surface area contributed by atoms with Crippen LogP contribution in [0.3, 0.4) is 0 Å². The monoisotopic (exact) mass is 442 g/mol. The van der Waals surface area contributed by atoms with Crippen molar-refractivity contribution < 1.29 is 19.1 Å². The SMILES string of the molecule is CCOC(=O)c1ccn(-c2cccc(NC(=O)c3ccnc(OCc4ccccc4)c3)c2)n1. The summed E-state index contributed by atoms with van der Waals surface area (Å²) in [4.78, 5) is 28.8. The van der Waals surface area contributed by atoms with E-state index in [4.69, 9.17) is 9.47 Å². The molecule has 4 aromatic rings. The van der Waals surface area contributed by atoms with Crippen LogP contribution in [0.2, 0.25) is 0 Å². The van der Waals surface area contributed by atoms with Gasteiger partial charge >= 0.3 is 5.97 Å². The van der Waals surface area contributed by atoms with Crippen LogP contribution in [0.5, 0.6) is 5.88 Å². The predicted molar refractivity (Wildman–Crippen MR) is 122 cm³/mol. The van der Waals surface area contributed by atoms with Crippen LogP contribution in [0.1, 0.15) is 33.3 Å². The van der Waals surface area contributed by atoms with Crippen LogP contribution in [0.25, 0.3) is 5.69 Å². The largest absolute Gasteiger partial charge is 0.473 e. The molecule has 0 spiro atoms. The maximum Gasteiger partial charge on any atom is 0.358 e. The van der Waals surface area contributed by atoms with Gasteiger partial charge in [-0.3, -0.25) is 4.79 Å². The van der Waals surface area contributed by atoms with Crippen molar-refractivity contribution >= 4 is 17.6 Å². The summed E-state index contributed by atoms with van der Waals surface area (Å²) in [6.45, 7) is 2.38. The molecule has 0 aliphatic rings. The molecule has 0 atom stereocenters. The summed E-state index contributed by atoms with van der Waals surface area (Å²) in [6.07, 6.45) is 3.19. The zero-order valence-corrected chi connectivity index (χ0v) is 18.0. The van der Waals surface area contributed by atoms with Gasteiger partial charge in [0.2, 0.25) is 5.88 Å². The molecule has 1 N–H and O–H groups in total. The molecule has 33 heavy (non-hydrogen) atoms. The van der Waals surface area contributed by atoms with Crippen LogP contribution in [-0.2, 0) is 11.3 Å². The second-order valence-corrected chi connectivity index (χ2v) is 7.03. The van der Waals surface area contributed by atoms with E-state index in [0.29, 0.717) is 29.4 Å². The molecule has 0 saturated carbocycles. The first-order chi connectivity index (χ1) is 16.1. The van der Waals surface area contributed by atoms with Crippen LogP contribution in [0.15, 0.2) is 85.2 Å². The van der Waals surface area contributed by atoms with Gasteiger partial charge < -0.3 is 14.8 Å². The van der Waals surface area contributed by atoms with E-state index in [1.807, 2.05) is 36.4 Å². The predicted octanol–water partition coefficient (Wildman–Crippen LogP) is 4.28. The highest BCUT2D eigenvalue weighted by molar-refractivity contribution is 6.04. The van der Waals surface area contributed by atoms with Crippen LogP contribution < -0.4 is 10.1 Å². The number of nitrogens with one attached hydrogen (secondary N) is 1. The maximum absolute atomic E-state index is 12.8. The Morgan fingerprint density at radius 3 is 2.67 bits per heavy atom. The molecule has 0 saturated heterocycles. The van der Waals surface area contributed by atoms with Gasteiger partial charge in [0.05, 0.1) is 12.3 Å². The molecule has 2 aromatic carbocycles. The fourth-order valence-corrected chi connectivity index (χ4v) is 3.07. The number of hydrogen-bond donors (Lipinski definition) is 1. The molecule has 166 valence electrons. The molecule has 0 fully saturated rings. The number of esters is 1. The Morgan fingerprint density at radius 2 is 1.85 bits per heavy atom. The number of benzene rings is 2. The van der Waals surface area contributed by atoms with E-state index in [0.717, 1.165) is 5.56 Å². The smallest absolute Gasteiger partial charge is 0.358 e. The van der Waals surface area contributed by atoms with Crippen LogP contribution in [-0.4, -0.2) is 33.2 Å². The Labute approximate surface area is 190 Å². The lowest BCUT2D eigenvalue weighted by atomic mass is 10.2. The summed E-state index contributed by atoms with van der Waals surface area (Å²) >= 11 is 0. The third kappa shape index (κ3) is 5.62. The van der Waals surface area contributed by atoms with E-state index in [2.05, 4.69) is 15.4 Å². The number of carbonyl (C=O) groups excluding carboxylic acids is 2. The minimum absolute atomic E-state index is 0.214. The Kier molecular flexibility index (Phi) is 6.75. The normalized spacial score (nSPS) is 10.5. The standard InChI is InChI=1S/C25H22N4O4/c1-2-32-25(31)22-12-14-29(28-22)21-10-6-9-20(16-21)27-24(30)19-11-13-26-23(15-19)33-17-18-7-4-3-5-8-18/h3-16H,2,17H2,1H3,(H,27,30). The summed E-state index contributed by atoms with van der Waals surface area (Å²) in [7, 11) is 0. The van der Waals surface area contributed by atoms with Gasteiger partial charge in [-0.25, -0.2) is 14.5 Å². The zero-order chi connectivity index (χ0) is 23.0. The first kappa shape index (κ1) is 21.8. The Bertz CT molecular complexity index is 1250. The minimum Gasteiger partial charge on any atom is -0.473 e. The summed E-state index contributed by atoms with van der Waals surface area (Å²) in [6, 6.07) is 21.7. The third-order valence-electron chi connectivity index (χ3n) is 4.67. The fraction of sp³-hybridized carbons (Fsp3) is 0.120. The minimum atomic E-state index is -0.483. The van der Waals surface area contributed by atoms with E-state index < -0.39 is 5.97 Å². The van der Waals surface area contributed by atoms with Gasteiger partial charge in [-0.15, -0.1) is 0 Å². The van der Waals surface area contributed by atoms with Crippen molar-refractivity contribution in [3.63, 3.8) is 0 Å². The quantitative estimate of drug-likeness (QED) is 0.410. The Morgan fingerprint density at radius 1 is 1.00 bits per heavy atom. The number of aromatic nitrogens is 3. The molecule has 2 heterocycles.